The molecule has 3 nitrogen and oxygen atoms in total. The van der Waals surface area contributed by atoms with E-state index in [1.165, 1.54) is 88.3 Å². The van der Waals surface area contributed by atoms with E-state index in [-0.39, 0.29) is 0 Å². The number of hydrogen-bond acceptors (Lipinski definition) is 0. The summed E-state index contributed by atoms with van der Waals surface area (Å²) < 4.78 is 7.33. The summed E-state index contributed by atoms with van der Waals surface area (Å²) in [5, 5.41) is 6.47. The number of allylic oxidation sites excluding steroid dienone is 1. The van der Waals surface area contributed by atoms with Crippen LogP contribution in [0.5, 0.6) is 0 Å². The average molecular weight is 652 g/mol. The van der Waals surface area contributed by atoms with Crippen LogP contribution in [0.25, 0.3) is 88.8 Å². The van der Waals surface area contributed by atoms with Gasteiger partial charge in [0.15, 0.2) is 0 Å². The second kappa shape index (κ2) is 11.0. The van der Waals surface area contributed by atoms with Crippen molar-refractivity contribution in [2.45, 2.75) is 12.8 Å². The Hall–Kier alpha value is -6.58. The van der Waals surface area contributed by atoms with Crippen molar-refractivity contribution >= 4 is 60.6 Å². The lowest BCUT2D eigenvalue weighted by Gasteiger charge is -2.12. The maximum atomic E-state index is 2.49. The number of nitrogens with zero attached hydrogens (tertiary/aromatic N) is 3. The predicted octanol–water partition coefficient (Wildman–Crippen LogP) is 12.5. The van der Waals surface area contributed by atoms with Crippen molar-refractivity contribution in [1.29, 1.82) is 0 Å². The molecule has 3 aromatic heterocycles. The van der Waals surface area contributed by atoms with Crippen molar-refractivity contribution in [3.63, 3.8) is 0 Å². The average Bonchev–Trinajstić information content (AvgIpc) is 3.84. The van der Waals surface area contributed by atoms with Crippen molar-refractivity contribution in [3.8, 4) is 28.2 Å². The van der Waals surface area contributed by atoms with Crippen LogP contribution in [0.15, 0.2) is 170 Å². The molecule has 0 unspecified atom stereocenters. The van der Waals surface area contributed by atoms with Gasteiger partial charge in [-0.25, -0.2) is 0 Å². The Morgan fingerprint density at radius 1 is 0.392 bits per heavy atom. The van der Waals surface area contributed by atoms with Gasteiger partial charge in [-0.3, -0.25) is 0 Å². The number of benzene rings is 7. The third kappa shape index (κ3) is 4.12. The number of aromatic nitrogens is 3. The normalized spacial score (nSPS) is 12.9. The Morgan fingerprint density at radius 3 is 1.73 bits per heavy atom. The van der Waals surface area contributed by atoms with Crippen molar-refractivity contribution in [2.75, 3.05) is 0 Å². The highest BCUT2D eigenvalue weighted by Gasteiger charge is 2.24. The van der Waals surface area contributed by atoms with E-state index in [1.54, 1.807) is 0 Å². The van der Waals surface area contributed by atoms with Gasteiger partial charge in [0, 0.05) is 49.7 Å². The number of aryl methyl sites for hydroxylation is 1. The summed E-state index contributed by atoms with van der Waals surface area (Å²) in [5.74, 6) is 0. The van der Waals surface area contributed by atoms with Crippen LogP contribution in [0.2, 0.25) is 0 Å². The van der Waals surface area contributed by atoms with Crippen LogP contribution >= 0.6 is 0 Å². The molecule has 0 spiro atoms. The first kappa shape index (κ1) is 28.3. The molecule has 0 fully saturated rings. The third-order valence-corrected chi connectivity index (χ3v) is 10.9. The number of para-hydroxylation sites is 4. The minimum Gasteiger partial charge on any atom is -0.309 e. The molecule has 51 heavy (non-hydrogen) atoms. The van der Waals surface area contributed by atoms with Gasteiger partial charge in [0.1, 0.15) is 0 Å². The van der Waals surface area contributed by atoms with Crippen molar-refractivity contribution < 1.29 is 0 Å². The molecule has 0 radical (unpaired) electrons. The summed E-state index contributed by atoms with van der Waals surface area (Å²) in [5.41, 5.74) is 14.9. The van der Waals surface area contributed by atoms with Crippen LogP contribution in [-0.4, -0.2) is 13.7 Å². The number of hydrogen-bond donors (Lipinski definition) is 0. The summed E-state index contributed by atoms with van der Waals surface area (Å²) in [6.07, 6.45) is 6.79. The molecule has 0 aliphatic heterocycles. The predicted molar refractivity (Wildman–Crippen MR) is 215 cm³/mol. The van der Waals surface area contributed by atoms with Gasteiger partial charge in [0.2, 0.25) is 0 Å². The van der Waals surface area contributed by atoms with Crippen LogP contribution < -0.4 is 0 Å². The molecule has 1 aliphatic carbocycles. The van der Waals surface area contributed by atoms with Crippen molar-refractivity contribution in [2.24, 2.45) is 0 Å². The molecule has 0 saturated carbocycles. The van der Waals surface area contributed by atoms with E-state index in [0.717, 1.165) is 18.5 Å². The fourth-order valence-corrected chi connectivity index (χ4v) is 8.70. The summed E-state index contributed by atoms with van der Waals surface area (Å²) in [6, 6.07) is 59.9. The molecule has 240 valence electrons. The topological polar surface area (TPSA) is 14.8 Å². The minimum absolute atomic E-state index is 1.06. The van der Waals surface area contributed by atoms with E-state index in [1.807, 2.05) is 0 Å². The van der Waals surface area contributed by atoms with Gasteiger partial charge in [-0.05, 0) is 96.3 Å². The zero-order valence-electron chi connectivity index (χ0n) is 28.0. The first-order valence-corrected chi connectivity index (χ1v) is 17.8. The first-order chi connectivity index (χ1) is 25.3. The van der Waals surface area contributed by atoms with E-state index in [0.29, 0.717) is 0 Å². The van der Waals surface area contributed by atoms with Gasteiger partial charge in [-0.15, -0.1) is 0 Å². The van der Waals surface area contributed by atoms with E-state index in [2.05, 4.69) is 190 Å². The molecule has 1 aliphatic rings. The molecule has 0 amide bonds. The monoisotopic (exact) mass is 651 g/mol. The van der Waals surface area contributed by atoms with Gasteiger partial charge < -0.3 is 13.7 Å². The van der Waals surface area contributed by atoms with Crippen LogP contribution in [0.1, 0.15) is 17.7 Å². The fraction of sp³-hybridized carbons (Fsp3) is 0.0417. The van der Waals surface area contributed by atoms with Crippen LogP contribution in [0, 0.1) is 0 Å². The van der Waals surface area contributed by atoms with Gasteiger partial charge in [-0.2, -0.15) is 0 Å². The third-order valence-electron chi connectivity index (χ3n) is 10.9. The summed E-state index contributed by atoms with van der Waals surface area (Å²) >= 11 is 0. The maximum absolute atomic E-state index is 2.49. The Kier molecular flexibility index (Phi) is 6.08. The van der Waals surface area contributed by atoms with E-state index in [4.69, 9.17) is 0 Å². The molecule has 0 atom stereocenters. The second-order valence-corrected chi connectivity index (χ2v) is 13.7. The first-order valence-electron chi connectivity index (χ1n) is 17.8. The molecular weight excluding hydrogens is 619 g/mol. The zero-order valence-corrected chi connectivity index (χ0v) is 28.0. The van der Waals surface area contributed by atoms with Gasteiger partial charge in [0.05, 0.1) is 27.6 Å². The fourth-order valence-electron chi connectivity index (χ4n) is 8.70. The molecular formula is C48H33N3. The lowest BCUT2D eigenvalue weighted by molar-refractivity contribution is 0.968. The van der Waals surface area contributed by atoms with Crippen LogP contribution in [-0.2, 0) is 6.42 Å². The van der Waals surface area contributed by atoms with Crippen LogP contribution in [0.3, 0.4) is 0 Å². The quantitative estimate of drug-likeness (QED) is 0.180. The molecule has 11 rings (SSSR count). The second-order valence-electron chi connectivity index (χ2n) is 13.7. The Morgan fingerprint density at radius 2 is 0.961 bits per heavy atom. The highest BCUT2D eigenvalue weighted by Crippen LogP contribution is 2.43. The lowest BCUT2D eigenvalue weighted by Crippen LogP contribution is -2.00. The highest BCUT2D eigenvalue weighted by atomic mass is 15.0. The number of fused-ring (bicyclic) bond motifs is 10. The molecule has 0 bridgehead atoms. The largest absolute Gasteiger partial charge is 0.309 e. The van der Waals surface area contributed by atoms with E-state index < -0.39 is 0 Å². The van der Waals surface area contributed by atoms with Crippen molar-refractivity contribution in [1.82, 2.24) is 13.7 Å². The Labute approximate surface area is 295 Å². The Bertz CT molecular complexity index is 2990. The molecule has 3 heteroatoms. The smallest absolute Gasteiger partial charge is 0.0637 e. The molecule has 7 aromatic carbocycles. The summed E-state index contributed by atoms with van der Waals surface area (Å²) in [6.45, 7) is 0. The standard InChI is InChI=1S/C48H33N3/c1-3-13-34(14-4-1)50-42-20-10-7-17-37(42)39-28-25-33(31-46(39)50)32-23-26-36(27-24-32)49-44-22-12-9-19-41(44)47-45(49)30-29-40-38-18-8-11-21-43(38)51(48(40)47)35-15-5-2-6-16-35/h1-7,9-17,19-31H,8,18H2. The highest BCUT2D eigenvalue weighted by molar-refractivity contribution is 6.22. The number of rotatable bonds is 4. The molecule has 0 saturated heterocycles. The minimum atomic E-state index is 1.06. The molecule has 3 heterocycles. The van der Waals surface area contributed by atoms with Gasteiger partial charge >= 0.3 is 0 Å². The maximum Gasteiger partial charge on any atom is 0.0637 e. The molecule has 0 N–H and O–H groups in total. The van der Waals surface area contributed by atoms with Gasteiger partial charge in [-0.1, -0.05) is 109 Å². The Balaban J connectivity index is 1.10. The lowest BCUT2D eigenvalue weighted by atomic mass is 10.00. The SMILES string of the molecule is C1=Cc2c(c3ccc4c(c5ccccc5n4-c4ccc(-c5ccc6c7ccccc7n(-c7ccccc7)c6c5)cc4)c3n2-c2ccccc2)CC1. The van der Waals surface area contributed by atoms with Gasteiger partial charge in [0.25, 0.3) is 0 Å². The zero-order chi connectivity index (χ0) is 33.5. The summed E-state index contributed by atoms with van der Waals surface area (Å²) in [7, 11) is 0. The summed E-state index contributed by atoms with van der Waals surface area (Å²) in [4.78, 5) is 0. The molecule has 10 aromatic rings. The van der Waals surface area contributed by atoms with Crippen LogP contribution in [0.4, 0.5) is 0 Å². The van der Waals surface area contributed by atoms with E-state index >= 15 is 0 Å². The van der Waals surface area contributed by atoms with E-state index in [9.17, 15) is 0 Å². The van der Waals surface area contributed by atoms with Crippen molar-refractivity contribution in [3.05, 3.63) is 181 Å².